The molecule has 0 bridgehead atoms. The molecule has 0 aliphatic rings. The van der Waals surface area contributed by atoms with Gasteiger partial charge in [-0.15, -0.1) is 5.10 Å². The maximum Gasteiger partial charge on any atom is 0.291 e. The summed E-state index contributed by atoms with van der Waals surface area (Å²) >= 11 is 1.19. The summed E-state index contributed by atoms with van der Waals surface area (Å²) in [6.07, 6.45) is 1.53. The molecule has 4 rings (SSSR count). The molecule has 0 aliphatic carbocycles. The molecule has 0 spiro atoms. The third kappa shape index (κ3) is 3.66. The number of halogens is 1. The highest BCUT2D eigenvalue weighted by atomic mass is 32.1. The summed E-state index contributed by atoms with van der Waals surface area (Å²) in [5.74, 6) is 1.33. The summed E-state index contributed by atoms with van der Waals surface area (Å²) in [6, 6.07) is 13.8. The first-order valence-corrected chi connectivity index (χ1v) is 9.72. The topological polar surface area (TPSA) is 56.5 Å². The van der Waals surface area contributed by atoms with Crippen LogP contribution >= 0.6 is 11.3 Å². The van der Waals surface area contributed by atoms with Crippen molar-refractivity contribution in [2.24, 2.45) is 5.92 Å². The number of rotatable bonds is 5. The van der Waals surface area contributed by atoms with Crippen molar-refractivity contribution >= 4 is 22.4 Å². The smallest absolute Gasteiger partial charge is 0.291 e. The standard InChI is InChI=1S/C21H18FN3O2S/c1-13(2)12-27-16-9-7-14(8-10-16)19-23-21-25(24-19)20(26)18(28-21)11-15-5-3-4-6-17(15)22/h3-11,13H,12H2,1-2H3/b18-11-. The first kappa shape index (κ1) is 18.3. The van der Waals surface area contributed by atoms with Crippen molar-refractivity contribution in [1.82, 2.24) is 14.6 Å². The fourth-order valence-electron chi connectivity index (χ4n) is 2.65. The van der Waals surface area contributed by atoms with Crippen molar-refractivity contribution in [2.75, 3.05) is 6.61 Å². The van der Waals surface area contributed by atoms with Gasteiger partial charge in [0.1, 0.15) is 11.6 Å². The summed E-state index contributed by atoms with van der Waals surface area (Å²) in [5.41, 5.74) is 0.854. The van der Waals surface area contributed by atoms with Crippen LogP contribution in [0.15, 0.2) is 53.3 Å². The van der Waals surface area contributed by atoms with Crippen LogP contribution in [0.1, 0.15) is 19.4 Å². The molecule has 0 N–H and O–H groups in total. The predicted molar refractivity (Wildman–Crippen MR) is 108 cm³/mol. The molecule has 0 aliphatic heterocycles. The maximum atomic E-state index is 13.8. The molecule has 5 nitrogen and oxygen atoms in total. The summed E-state index contributed by atoms with van der Waals surface area (Å²) in [4.78, 5) is 17.5. The molecular formula is C21H18FN3O2S. The minimum atomic E-state index is -0.374. The molecule has 0 saturated heterocycles. The highest BCUT2D eigenvalue weighted by molar-refractivity contribution is 7.15. The van der Waals surface area contributed by atoms with Gasteiger partial charge in [0, 0.05) is 11.1 Å². The SMILES string of the molecule is CC(C)COc1ccc(-c2nc3s/c(=C\c4ccccc4F)c(=O)n3n2)cc1. The Morgan fingerprint density at radius 3 is 2.61 bits per heavy atom. The van der Waals surface area contributed by atoms with Gasteiger partial charge in [-0.3, -0.25) is 4.79 Å². The summed E-state index contributed by atoms with van der Waals surface area (Å²) in [5, 5.41) is 4.32. The average Bonchev–Trinajstić information content (AvgIpc) is 3.22. The Bertz CT molecular complexity index is 1230. The summed E-state index contributed by atoms with van der Waals surface area (Å²) in [7, 11) is 0. The van der Waals surface area contributed by atoms with Crippen molar-refractivity contribution < 1.29 is 9.13 Å². The van der Waals surface area contributed by atoms with E-state index in [2.05, 4.69) is 23.9 Å². The Morgan fingerprint density at radius 2 is 1.93 bits per heavy atom. The van der Waals surface area contributed by atoms with Crippen LogP contribution in [0.3, 0.4) is 0 Å². The monoisotopic (exact) mass is 395 g/mol. The molecular weight excluding hydrogens is 377 g/mol. The number of nitrogens with zero attached hydrogens (tertiary/aromatic N) is 3. The largest absolute Gasteiger partial charge is 0.493 e. The molecule has 28 heavy (non-hydrogen) atoms. The lowest BCUT2D eigenvalue weighted by Crippen LogP contribution is -2.23. The maximum absolute atomic E-state index is 13.8. The van der Waals surface area contributed by atoms with Gasteiger partial charge in [0.15, 0.2) is 5.82 Å². The quantitative estimate of drug-likeness (QED) is 0.519. The lowest BCUT2D eigenvalue weighted by Gasteiger charge is -2.08. The van der Waals surface area contributed by atoms with Gasteiger partial charge < -0.3 is 4.74 Å². The van der Waals surface area contributed by atoms with Crippen LogP contribution in [0.25, 0.3) is 22.4 Å². The highest BCUT2D eigenvalue weighted by Gasteiger charge is 2.12. The zero-order valence-electron chi connectivity index (χ0n) is 15.4. The Labute approximate surface area is 164 Å². The van der Waals surface area contributed by atoms with E-state index in [1.54, 1.807) is 18.2 Å². The zero-order chi connectivity index (χ0) is 19.7. The van der Waals surface area contributed by atoms with E-state index >= 15 is 0 Å². The van der Waals surface area contributed by atoms with Crippen molar-refractivity contribution in [3.63, 3.8) is 0 Å². The lowest BCUT2D eigenvalue weighted by atomic mass is 10.2. The molecule has 0 fully saturated rings. The van der Waals surface area contributed by atoms with Crippen LogP contribution in [0, 0.1) is 11.7 Å². The molecule has 0 unspecified atom stereocenters. The van der Waals surface area contributed by atoms with Crippen molar-refractivity contribution in [1.29, 1.82) is 0 Å². The van der Waals surface area contributed by atoms with E-state index in [1.165, 1.54) is 28.0 Å². The second kappa shape index (κ2) is 7.52. The average molecular weight is 395 g/mol. The molecule has 2 aromatic heterocycles. The van der Waals surface area contributed by atoms with Crippen LogP contribution in [0.5, 0.6) is 5.75 Å². The Hall–Kier alpha value is -3.06. The number of fused-ring (bicyclic) bond motifs is 1. The van der Waals surface area contributed by atoms with Gasteiger partial charge in [0.05, 0.1) is 11.1 Å². The first-order valence-electron chi connectivity index (χ1n) is 8.90. The molecule has 0 radical (unpaired) electrons. The highest BCUT2D eigenvalue weighted by Crippen LogP contribution is 2.21. The minimum Gasteiger partial charge on any atom is -0.493 e. The van der Waals surface area contributed by atoms with Gasteiger partial charge >= 0.3 is 0 Å². The minimum absolute atomic E-state index is 0.307. The van der Waals surface area contributed by atoms with Gasteiger partial charge in [0.2, 0.25) is 4.96 Å². The number of thiazole rings is 1. The third-order valence-electron chi connectivity index (χ3n) is 4.07. The van der Waals surface area contributed by atoms with Crippen LogP contribution in [-0.4, -0.2) is 21.2 Å². The van der Waals surface area contributed by atoms with E-state index in [0.29, 0.717) is 33.4 Å². The van der Waals surface area contributed by atoms with Gasteiger partial charge in [-0.1, -0.05) is 43.4 Å². The van der Waals surface area contributed by atoms with Crippen LogP contribution in [0.4, 0.5) is 4.39 Å². The van der Waals surface area contributed by atoms with Gasteiger partial charge in [0.25, 0.3) is 5.56 Å². The number of ether oxygens (including phenoxy) is 1. The molecule has 7 heteroatoms. The van der Waals surface area contributed by atoms with Crippen LogP contribution in [-0.2, 0) is 0 Å². The molecule has 0 amide bonds. The molecule has 4 aromatic rings. The van der Waals surface area contributed by atoms with Gasteiger partial charge in [-0.2, -0.15) is 9.50 Å². The van der Waals surface area contributed by atoms with Crippen LogP contribution in [0.2, 0.25) is 0 Å². The molecule has 142 valence electrons. The number of hydrogen-bond donors (Lipinski definition) is 0. The molecule has 0 saturated carbocycles. The fourth-order valence-corrected chi connectivity index (χ4v) is 3.55. The van der Waals surface area contributed by atoms with Gasteiger partial charge in [-0.25, -0.2) is 4.39 Å². The number of benzene rings is 2. The zero-order valence-corrected chi connectivity index (χ0v) is 16.2. The van der Waals surface area contributed by atoms with E-state index in [0.717, 1.165) is 11.3 Å². The Balaban J connectivity index is 1.65. The fraction of sp³-hybridized carbons (Fsp3) is 0.190. The van der Waals surface area contributed by atoms with E-state index < -0.39 is 0 Å². The Morgan fingerprint density at radius 1 is 1.18 bits per heavy atom. The third-order valence-corrected chi connectivity index (χ3v) is 5.03. The number of hydrogen-bond acceptors (Lipinski definition) is 5. The normalized spacial score (nSPS) is 12.2. The van der Waals surface area contributed by atoms with Crippen molar-refractivity contribution in [3.05, 3.63) is 74.8 Å². The van der Waals surface area contributed by atoms with E-state index in [1.807, 2.05) is 24.3 Å². The van der Waals surface area contributed by atoms with Gasteiger partial charge in [-0.05, 0) is 42.3 Å². The Kier molecular flexibility index (Phi) is 4.92. The second-order valence-electron chi connectivity index (χ2n) is 6.80. The summed E-state index contributed by atoms with van der Waals surface area (Å²) in [6.45, 7) is 4.83. The van der Waals surface area contributed by atoms with E-state index in [9.17, 15) is 9.18 Å². The first-order chi connectivity index (χ1) is 13.5. The molecule has 2 heterocycles. The summed E-state index contributed by atoms with van der Waals surface area (Å²) < 4.78 is 21.2. The van der Waals surface area contributed by atoms with Crippen LogP contribution < -0.4 is 14.8 Å². The van der Waals surface area contributed by atoms with Crippen molar-refractivity contribution in [3.8, 4) is 17.1 Å². The van der Waals surface area contributed by atoms with E-state index in [-0.39, 0.29) is 11.4 Å². The second-order valence-corrected chi connectivity index (χ2v) is 7.81. The molecule has 0 atom stereocenters. The van der Waals surface area contributed by atoms with E-state index in [4.69, 9.17) is 4.74 Å². The number of aromatic nitrogens is 3. The molecule has 2 aromatic carbocycles. The predicted octanol–water partition coefficient (Wildman–Crippen LogP) is 3.54. The lowest BCUT2D eigenvalue weighted by molar-refractivity contribution is 0.271. The van der Waals surface area contributed by atoms with Crippen molar-refractivity contribution in [2.45, 2.75) is 13.8 Å².